The Morgan fingerprint density at radius 3 is 2.61 bits per heavy atom. The van der Waals surface area contributed by atoms with Crippen LogP contribution >= 0.6 is 11.3 Å². The van der Waals surface area contributed by atoms with Gasteiger partial charge in [0.05, 0.1) is 22.2 Å². The number of aryl methyl sites for hydroxylation is 2. The van der Waals surface area contributed by atoms with E-state index in [1.807, 2.05) is 13.8 Å². The Morgan fingerprint density at radius 2 is 2.00 bits per heavy atom. The number of guanidine groups is 1. The monoisotopic (exact) mass is 333 g/mol. The lowest BCUT2D eigenvalue weighted by atomic mass is 10.2. The molecular weight excluding hydrogens is 314 g/mol. The van der Waals surface area contributed by atoms with E-state index in [2.05, 4.69) is 20.6 Å². The number of nitro benzene ring substituents is 1. The molecule has 0 aliphatic carbocycles. The van der Waals surface area contributed by atoms with Crippen LogP contribution in [0, 0.1) is 24.0 Å². The molecule has 1 aromatic heterocycles. The maximum atomic E-state index is 11.0. The number of hydrogen-bond donors (Lipinski definition) is 2. The van der Waals surface area contributed by atoms with E-state index in [4.69, 9.17) is 0 Å². The van der Waals surface area contributed by atoms with Crippen molar-refractivity contribution in [2.45, 2.75) is 26.9 Å². The van der Waals surface area contributed by atoms with Crippen molar-refractivity contribution in [2.24, 2.45) is 4.99 Å². The third kappa shape index (κ3) is 4.49. The number of para-hydroxylation sites is 1. The van der Waals surface area contributed by atoms with Crippen molar-refractivity contribution in [3.05, 3.63) is 55.5 Å². The summed E-state index contributed by atoms with van der Waals surface area (Å²) in [6.07, 6.45) is 0. The van der Waals surface area contributed by atoms with E-state index in [0.717, 1.165) is 15.6 Å². The number of thiazole rings is 1. The normalized spacial score (nSPS) is 11.3. The van der Waals surface area contributed by atoms with Gasteiger partial charge in [0, 0.05) is 30.1 Å². The average Bonchev–Trinajstić information content (AvgIpc) is 2.85. The number of hydrogen-bond acceptors (Lipinski definition) is 5. The van der Waals surface area contributed by atoms with Crippen LogP contribution in [-0.4, -0.2) is 22.9 Å². The first-order valence-corrected chi connectivity index (χ1v) is 7.92. The fourth-order valence-electron chi connectivity index (χ4n) is 2.14. The van der Waals surface area contributed by atoms with Crippen molar-refractivity contribution in [1.82, 2.24) is 15.6 Å². The predicted molar refractivity (Wildman–Crippen MR) is 91.7 cm³/mol. The fraction of sp³-hybridized carbons (Fsp3) is 0.333. The minimum Gasteiger partial charge on any atom is -0.352 e. The lowest BCUT2D eigenvalue weighted by Gasteiger charge is -2.11. The summed E-state index contributed by atoms with van der Waals surface area (Å²) in [5.41, 5.74) is 1.73. The van der Waals surface area contributed by atoms with Crippen LogP contribution in [0.4, 0.5) is 5.69 Å². The first-order valence-electron chi connectivity index (χ1n) is 7.11. The first-order chi connectivity index (χ1) is 11.0. The quantitative estimate of drug-likeness (QED) is 0.380. The summed E-state index contributed by atoms with van der Waals surface area (Å²) in [5, 5.41) is 18.3. The minimum absolute atomic E-state index is 0.101. The maximum absolute atomic E-state index is 11.0. The smallest absolute Gasteiger partial charge is 0.274 e. The van der Waals surface area contributed by atoms with Crippen molar-refractivity contribution in [1.29, 1.82) is 0 Å². The lowest BCUT2D eigenvalue weighted by molar-refractivity contribution is -0.385. The van der Waals surface area contributed by atoms with Gasteiger partial charge in [-0.05, 0) is 13.8 Å². The van der Waals surface area contributed by atoms with Gasteiger partial charge in [-0.25, -0.2) is 4.98 Å². The zero-order chi connectivity index (χ0) is 16.8. The van der Waals surface area contributed by atoms with Gasteiger partial charge in [-0.1, -0.05) is 18.2 Å². The highest BCUT2D eigenvalue weighted by Crippen LogP contribution is 2.18. The van der Waals surface area contributed by atoms with E-state index < -0.39 is 0 Å². The number of aliphatic imine (C=N–C) groups is 1. The predicted octanol–water partition coefficient (Wildman–Crippen LogP) is 2.53. The molecule has 0 unspecified atom stereocenters. The average molecular weight is 333 g/mol. The molecule has 2 N–H and O–H groups in total. The molecule has 122 valence electrons. The Morgan fingerprint density at radius 1 is 1.30 bits per heavy atom. The van der Waals surface area contributed by atoms with Crippen LogP contribution in [-0.2, 0) is 13.1 Å². The largest absolute Gasteiger partial charge is 0.352 e. The van der Waals surface area contributed by atoms with E-state index in [1.54, 1.807) is 36.6 Å². The molecule has 7 nitrogen and oxygen atoms in total. The number of nitrogens with zero attached hydrogens (tertiary/aromatic N) is 3. The van der Waals surface area contributed by atoms with E-state index in [9.17, 15) is 10.1 Å². The Bertz CT molecular complexity index is 726. The van der Waals surface area contributed by atoms with Gasteiger partial charge in [0.15, 0.2) is 5.96 Å². The molecular formula is C15H19N5O2S. The number of rotatable bonds is 5. The molecule has 0 aliphatic heterocycles. The molecule has 0 atom stereocenters. The summed E-state index contributed by atoms with van der Waals surface area (Å²) in [6.45, 7) is 4.90. The van der Waals surface area contributed by atoms with Crippen LogP contribution in [0.3, 0.4) is 0 Å². The van der Waals surface area contributed by atoms with Gasteiger partial charge in [-0.2, -0.15) is 0 Å². The molecule has 2 rings (SSSR count). The fourth-order valence-corrected chi connectivity index (χ4v) is 3.02. The molecule has 1 aromatic carbocycles. The maximum Gasteiger partial charge on any atom is 0.274 e. The van der Waals surface area contributed by atoms with Crippen LogP contribution in [0.25, 0.3) is 0 Å². The van der Waals surface area contributed by atoms with Gasteiger partial charge >= 0.3 is 0 Å². The molecule has 8 heteroatoms. The van der Waals surface area contributed by atoms with E-state index >= 15 is 0 Å². The van der Waals surface area contributed by atoms with Gasteiger partial charge in [0.1, 0.15) is 0 Å². The van der Waals surface area contributed by atoms with Crippen molar-refractivity contribution in [3.8, 4) is 0 Å². The Labute approximate surface area is 138 Å². The summed E-state index contributed by atoms with van der Waals surface area (Å²) in [4.78, 5) is 20.3. The van der Waals surface area contributed by atoms with Gasteiger partial charge in [0.25, 0.3) is 5.69 Å². The highest BCUT2D eigenvalue weighted by Gasteiger charge is 2.12. The second-order valence-corrected chi connectivity index (χ2v) is 6.19. The standard InChI is InChI=1S/C15H19N5O2S/c1-10-14(23-11(2)19-10)9-18-15(16-3)17-8-12-6-4-5-7-13(12)20(21)22/h4-7H,8-9H2,1-3H3,(H2,16,17,18). The highest BCUT2D eigenvalue weighted by molar-refractivity contribution is 7.11. The van der Waals surface area contributed by atoms with Crippen molar-refractivity contribution >= 4 is 23.0 Å². The molecule has 0 radical (unpaired) electrons. The second-order valence-electron chi connectivity index (χ2n) is 4.91. The third-order valence-electron chi connectivity index (χ3n) is 3.27. The highest BCUT2D eigenvalue weighted by atomic mass is 32.1. The molecule has 2 aromatic rings. The molecule has 0 aliphatic rings. The number of benzene rings is 1. The lowest BCUT2D eigenvalue weighted by Crippen LogP contribution is -2.36. The van der Waals surface area contributed by atoms with Crippen LogP contribution in [0.2, 0.25) is 0 Å². The SMILES string of the molecule is CN=C(NCc1ccccc1[N+](=O)[O-])NCc1sc(C)nc1C. The molecule has 0 amide bonds. The molecule has 1 heterocycles. The van der Waals surface area contributed by atoms with E-state index in [1.165, 1.54) is 6.07 Å². The van der Waals surface area contributed by atoms with Gasteiger partial charge < -0.3 is 10.6 Å². The van der Waals surface area contributed by atoms with Crippen molar-refractivity contribution in [2.75, 3.05) is 7.05 Å². The number of aromatic nitrogens is 1. The Kier molecular flexibility index (Phi) is 5.64. The van der Waals surface area contributed by atoms with Gasteiger partial charge in [0.2, 0.25) is 0 Å². The number of nitro groups is 1. The molecule has 0 saturated heterocycles. The molecule has 0 spiro atoms. The van der Waals surface area contributed by atoms with Crippen LogP contribution in [0.15, 0.2) is 29.3 Å². The summed E-state index contributed by atoms with van der Waals surface area (Å²) in [5.74, 6) is 0.591. The summed E-state index contributed by atoms with van der Waals surface area (Å²) < 4.78 is 0. The van der Waals surface area contributed by atoms with Crippen LogP contribution in [0.5, 0.6) is 0 Å². The van der Waals surface area contributed by atoms with E-state index in [-0.39, 0.29) is 10.6 Å². The summed E-state index contributed by atoms with van der Waals surface area (Å²) in [7, 11) is 1.67. The van der Waals surface area contributed by atoms with Crippen molar-refractivity contribution in [3.63, 3.8) is 0 Å². The minimum atomic E-state index is -0.378. The Balaban J connectivity index is 1.96. The van der Waals surface area contributed by atoms with E-state index in [0.29, 0.717) is 24.6 Å². The summed E-state index contributed by atoms with van der Waals surface area (Å²) >= 11 is 1.64. The first kappa shape index (κ1) is 16.9. The topological polar surface area (TPSA) is 92.5 Å². The molecule has 23 heavy (non-hydrogen) atoms. The Hall–Kier alpha value is -2.48. The van der Waals surface area contributed by atoms with Crippen LogP contribution in [0.1, 0.15) is 21.1 Å². The van der Waals surface area contributed by atoms with Gasteiger partial charge in [-0.15, -0.1) is 11.3 Å². The molecule has 0 bridgehead atoms. The second kappa shape index (κ2) is 7.68. The van der Waals surface area contributed by atoms with Gasteiger partial charge in [-0.3, -0.25) is 15.1 Å². The summed E-state index contributed by atoms with van der Waals surface area (Å²) in [6, 6.07) is 6.67. The molecule has 0 saturated carbocycles. The number of nitrogens with one attached hydrogen (secondary N) is 2. The molecule has 0 fully saturated rings. The zero-order valence-corrected chi connectivity index (χ0v) is 14.1. The van der Waals surface area contributed by atoms with Crippen LogP contribution < -0.4 is 10.6 Å². The van der Waals surface area contributed by atoms with Crippen molar-refractivity contribution < 1.29 is 4.92 Å². The third-order valence-corrected chi connectivity index (χ3v) is 4.35. The zero-order valence-electron chi connectivity index (χ0n) is 13.3.